The van der Waals surface area contributed by atoms with Crippen molar-refractivity contribution in [2.24, 2.45) is 11.1 Å². The molecule has 1 aromatic carbocycles. The third-order valence-corrected chi connectivity index (χ3v) is 3.31. The van der Waals surface area contributed by atoms with Crippen molar-refractivity contribution in [3.05, 3.63) is 28.0 Å². The largest absolute Gasteiger partial charge is 0.506 e. The summed E-state index contributed by atoms with van der Waals surface area (Å²) in [6, 6.07) is 1.86. The van der Waals surface area contributed by atoms with E-state index >= 15 is 0 Å². The number of aliphatic hydroxyl groups excluding tert-OH is 1. The van der Waals surface area contributed by atoms with Crippen molar-refractivity contribution in [2.75, 3.05) is 6.61 Å². The van der Waals surface area contributed by atoms with Gasteiger partial charge in [0.15, 0.2) is 0 Å². The average Bonchev–Trinajstić information content (AvgIpc) is 2.24. The molecule has 1 atom stereocenters. The van der Waals surface area contributed by atoms with Crippen LogP contribution in [0.25, 0.3) is 0 Å². The Bertz CT molecular complexity index is 396. The standard InChI is InChI=1S/C11H15BrFNO2/c1-11(2,5-15)10(14)8-7(13)4-3-6(12)9(8)16/h3-4,10,15-16H,5,14H2,1-2H3/t10-/m0/s1. The first-order chi connectivity index (χ1) is 7.31. The SMILES string of the molecule is CC(C)(CO)[C@@H](N)c1c(F)ccc(Br)c1O. The van der Waals surface area contributed by atoms with E-state index < -0.39 is 17.3 Å². The highest BCUT2D eigenvalue weighted by Gasteiger charge is 2.31. The van der Waals surface area contributed by atoms with Crippen molar-refractivity contribution in [3.63, 3.8) is 0 Å². The molecule has 0 aliphatic heterocycles. The zero-order chi connectivity index (χ0) is 12.5. The van der Waals surface area contributed by atoms with Gasteiger partial charge in [-0.1, -0.05) is 13.8 Å². The fourth-order valence-corrected chi connectivity index (χ4v) is 1.69. The van der Waals surface area contributed by atoms with Crippen molar-refractivity contribution >= 4 is 15.9 Å². The fraction of sp³-hybridized carbons (Fsp3) is 0.455. The molecule has 0 unspecified atom stereocenters. The predicted molar refractivity (Wildman–Crippen MR) is 63.6 cm³/mol. The van der Waals surface area contributed by atoms with E-state index in [1.165, 1.54) is 12.1 Å². The lowest BCUT2D eigenvalue weighted by Gasteiger charge is -2.30. The second kappa shape index (κ2) is 4.69. The van der Waals surface area contributed by atoms with Gasteiger partial charge in [0.1, 0.15) is 11.6 Å². The third-order valence-electron chi connectivity index (χ3n) is 2.68. The smallest absolute Gasteiger partial charge is 0.137 e. The van der Waals surface area contributed by atoms with Crippen molar-refractivity contribution in [1.29, 1.82) is 0 Å². The van der Waals surface area contributed by atoms with Gasteiger partial charge in [-0.2, -0.15) is 0 Å². The lowest BCUT2D eigenvalue weighted by atomic mass is 9.81. The van der Waals surface area contributed by atoms with Crippen LogP contribution in [0.3, 0.4) is 0 Å². The van der Waals surface area contributed by atoms with Gasteiger partial charge in [-0.05, 0) is 28.1 Å². The summed E-state index contributed by atoms with van der Waals surface area (Å²) in [4.78, 5) is 0. The molecular formula is C11H15BrFNO2. The third kappa shape index (κ3) is 2.36. The molecule has 0 saturated heterocycles. The van der Waals surface area contributed by atoms with Crippen LogP contribution in [0.2, 0.25) is 0 Å². The van der Waals surface area contributed by atoms with Crippen LogP contribution in [-0.2, 0) is 0 Å². The Morgan fingerprint density at radius 3 is 2.56 bits per heavy atom. The first kappa shape index (κ1) is 13.4. The number of halogens is 2. The number of hydrogen-bond acceptors (Lipinski definition) is 3. The Balaban J connectivity index is 3.28. The number of aliphatic hydroxyl groups is 1. The molecule has 0 spiro atoms. The monoisotopic (exact) mass is 291 g/mol. The Kier molecular flexibility index (Phi) is 3.93. The van der Waals surface area contributed by atoms with E-state index in [0.717, 1.165) is 0 Å². The van der Waals surface area contributed by atoms with Crippen molar-refractivity contribution < 1.29 is 14.6 Å². The molecule has 16 heavy (non-hydrogen) atoms. The van der Waals surface area contributed by atoms with E-state index in [4.69, 9.17) is 5.73 Å². The highest BCUT2D eigenvalue weighted by atomic mass is 79.9. The Labute approximate surface area is 102 Å². The van der Waals surface area contributed by atoms with E-state index in [1.807, 2.05) is 0 Å². The Morgan fingerprint density at radius 1 is 1.50 bits per heavy atom. The van der Waals surface area contributed by atoms with Gasteiger partial charge >= 0.3 is 0 Å². The molecule has 1 aromatic rings. The second-order valence-electron chi connectivity index (χ2n) is 4.42. The average molecular weight is 292 g/mol. The molecule has 0 bridgehead atoms. The zero-order valence-corrected chi connectivity index (χ0v) is 10.8. The number of nitrogens with two attached hydrogens (primary N) is 1. The minimum Gasteiger partial charge on any atom is -0.506 e. The van der Waals surface area contributed by atoms with Crippen molar-refractivity contribution in [1.82, 2.24) is 0 Å². The quantitative estimate of drug-likeness (QED) is 0.801. The number of phenolic OH excluding ortho intramolecular Hbond substituents is 1. The maximum absolute atomic E-state index is 13.6. The lowest BCUT2D eigenvalue weighted by Crippen LogP contribution is -2.33. The van der Waals surface area contributed by atoms with Gasteiger partial charge in [0.2, 0.25) is 0 Å². The number of phenols is 1. The van der Waals surface area contributed by atoms with Crippen LogP contribution in [0.5, 0.6) is 5.75 Å². The summed E-state index contributed by atoms with van der Waals surface area (Å²) in [5, 5.41) is 18.9. The Hall–Kier alpha value is -0.650. The van der Waals surface area contributed by atoms with Crippen LogP contribution in [0, 0.1) is 11.2 Å². The van der Waals surface area contributed by atoms with E-state index in [1.54, 1.807) is 13.8 Å². The molecule has 3 nitrogen and oxygen atoms in total. The minimum absolute atomic E-state index is 0.0217. The van der Waals surface area contributed by atoms with Gasteiger partial charge in [0.05, 0.1) is 4.47 Å². The summed E-state index contributed by atoms with van der Waals surface area (Å²) in [7, 11) is 0. The topological polar surface area (TPSA) is 66.5 Å². The molecule has 0 heterocycles. The van der Waals surface area contributed by atoms with Gasteiger partial charge < -0.3 is 15.9 Å². The molecule has 0 amide bonds. The van der Waals surface area contributed by atoms with Crippen LogP contribution >= 0.6 is 15.9 Å². The zero-order valence-electron chi connectivity index (χ0n) is 9.17. The van der Waals surface area contributed by atoms with Crippen molar-refractivity contribution in [2.45, 2.75) is 19.9 Å². The second-order valence-corrected chi connectivity index (χ2v) is 5.27. The summed E-state index contributed by atoms with van der Waals surface area (Å²) in [5.74, 6) is -0.788. The molecule has 0 saturated carbocycles. The maximum atomic E-state index is 13.6. The molecular weight excluding hydrogens is 277 g/mol. The van der Waals surface area contributed by atoms with Gasteiger partial charge in [0, 0.05) is 23.6 Å². The van der Waals surface area contributed by atoms with Crippen LogP contribution in [0.1, 0.15) is 25.5 Å². The molecule has 90 valence electrons. The van der Waals surface area contributed by atoms with Crippen LogP contribution < -0.4 is 5.73 Å². The van der Waals surface area contributed by atoms with E-state index in [9.17, 15) is 14.6 Å². The molecule has 0 aromatic heterocycles. The van der Waals surface area contributed by atoms with Gasteiger partial charge in [0.25, 0.3) is 0 Å². The highest BCUT2D eigenvalue weighted by molar-refractivity contribution is 9.10. The van der Waals surface area contributed by atoms with Gasteiger partial charge in [-0.25, -0.2) is 4.39 Å². The molecule has 0 fully saturated rings. The van der Waals surface area contributed by atoms with Crippen LogP contribution in [0.15, 0.2) is 16.6 Å². The predicted octanol–water partition coefficient (Wildman–Crippen LogP) is 2.31. The number of benzene rings is 1. The van der Waals surface area contributed by atoms with Crippen molar-refractivity contribution in [3.8, 4) is 5.75 Å². The number of hydrogen-bond donors (Lipinski definition) is 3. The van der Waals surface area contributed by atoms with Gasteiger partial charge in [-0.3, -0.25) is 0 Å². The summed E-state index contributed by atoms with van der Waals surface area (Å²) in [6.07, 6.45) is 0. The van der Waals surface area contributed by atoms with Gasteiger partial charge in [-0.15, -0.1) is 0 Å². The molecule has 1 rings (SSSR count). The highest BCUT2D eigenvalue weighted by Crippen LogP contribution is 2.40. The molecule has 0 aliphatic carbocycles. The maximum Gasteiger partial charge on any atom is 0.137 e. The van der Waals surface area contributed by atoms with Crippen LogP contribution in [-0.4, -0.2) is 16.8 Å². The molecule has 5 heteroatoms. The Morgan fingerprint density at radius 2 is 2.06 bits per heavy atom. The first-order valence-corrected chi connectivity index (χ1v) is 5.64. The fourth-order valence-electron chi connectivity index (χ4n) is 1.34. The molecule has 0 radical (unpaired) electrons. The number of aromatic hydroxyl groups is 1. The summed E-state index contributed by atoms with van der Waals surface area (Å²) >= 11 is 3.10. The lowest BCUT2D eigenvalue weighted by molar-refractivity contribution is 0.129. The normalized spacial score (nSPS) is 13.9. The summed E-state index contributed by atoms with van der Waals surface area (Å²) in [5.41, 5.74) is 5.19. The van der Waals surface area contributed by atoms with E-state index in [2.05, 4.69) is 15.9 Å². The molecule has 4 N–H and O–H groups in total. The van der Waals surface area contributed by atoms with Crippen LogP contribution in [0.4, 0.5) is 4.39 Å². The molecule has 0 aliphatic rings. The summed E-state index contributed by atoms with van der Waals surface area (Å²) in [6.45, 7) is 3.22. The first-order valence-electron chi connectivity index (χ1n) is 4.84. The number of rotatable bonds is 3. The minimum atomic E-state index is -0.782. The van der Waals surface area contributed by atoms with E-state index in [0.29, 0.717) is 4.47 Å². The summed E-state index contributed by atoms with van der Waals surface area (Å²) < 4.78 is 14.0. The van der Waals surface area contributed by atoms with E-state index in [-0.39, 0.29) is 17.9 Å².